The van der Waals surface area contributed by atoms with E-state index in [0.29, 0.717) is 26.0 Å². The van der Waals surface area contributed by atoms with Crippen molar-refractivity contribution in [3.8, 4) is 5.69 Å². The largest absolute Gasteiger partial charge is 0.311 e. The number of anilines is 12. The molecule has 16 rings (SSSR count). The zero-order valence-electron chi connectivity index (χ0n) is 83.2. The molecule has 11 aromatic carbocycles. The molecule has 0 amide bonds. The first-order valence-corrected chi connectivity index (χ1v) is 25.9. The molecule has 0 saturated carbocycles. The number of thiophene rings is 1. The number of aromatic nitrogens is 1. The summed E-state index contributed by atoms with van der Waals surface area (Å²) in [5, 5.41) is -2.43. The first kappa shape index (κ1) is 22.3. The molecule has 0 atom stereocenters. The second-order valence-corrected chi connectivity index (χ2v) is 22.1. The van der Waals surface area contributed by atoms with E-state index in [1.54, 1.807) is 0 Å². The van der Waals surface area contributed by atoms with Gasteiger partial charge in [0.25, 0.3) is 6.71 Å². The number of nitrogens with zero attached hydrogens (tertiary/aromatic N) is 5. The van der Waals surface area contributed by atoms with E-state index in [1.807, 2.05) is 0 Å². The van der Waals surface area contributed by atoms with Crippen LogP contribution in [0.25, 0.3) is 47.7 Å². The summed E-state index contributed by atoms with van der Waals surface area (Å²) in [6, 6.07) is -43.6. The second-order valence-electron chi connectivity index (χ2n) is 21.1. The Morgan fingerprint density at radius 2 is 0.889 bits per heavy atom. The molecule has 0 unspecified atom stereocenters. The van der Waals surface area contributed by atoms with Gasteiger partial charge in [-0.25, -0.2) is 0 Å². The highest BCUT2D eigenvalue weighted by molar-refractivity contribution is 7.26. The molecule has 2 aromatic heterocycles. The average Bonchev–Trinajstić information content (AvgIpc) is 1.63. The van der Waals surface area contributed by atoms with Gasteiger partial charge >= 0.3 is 0 Å². The van der Waals surface area contributed by atoms with Crippen molar-refractivity contribution in [2.24, 2.45) is 0 Å². The van der Waals surface area contributed by atoms with Crippen molar-refractivity contribution in [1.29, 1.82) is 0 Å². The van der Waals surface area contributed by atoms with E-state index < -0.39 is 392 Å². The minimum Gasteiger partial charge on any atom is -0.311 e. The van der Waals surface area contributed by atoms with Gasteiger partial charge in [-0.15, -0.1) is 11.3 Å². The van der Waals surface area contributed by atoms with Crippen LogP contribution in [0.1, 0.15) is 107 Å². The Labute approximate surface area is 534 Å². The van der Waals surface area contributed by atoms with Gasteiger partial charge in [0, 0.05) is 76.4 Å². The third kappa shape index (κ3) is 7.17. The number of hydrogen-bond acceptors (Lipinski definition) is 5. The van der Waals surface area contributed by atoms with Crippen LogP contribution in [-0.4, -0.2) is 11.3 Å². The highest BCUT2D eigenvalue weighted by Gasteiger charge is 2.47. The van der Waals surface area contributed by atoms with Crippen molar-refractivity contribution in [3.05, 3.63) is 253 Å². The lowest BCUT2D eigenvalue weighted by atomic mass is 9.33. The highest BCUT2D eigenvalue weighted by atomic mass is 32.1. The van der Waals surface area contributed by atoms with Crippen molar-refractivity contribution in [1.82, 2.24) is 4.57 Å². The van der Waals surface area contributed by atoms with E-state index >= 15 is 0 Å². The van der Waals surface area contributed by atoms with Crippen LogP contribution in [0.4, 0.5) is 68.2 Å². The lowest BCUT2D eigenvalue weighted by Crippen LogP contribution is -2.61. The van der Waals surface area contributed by atoms with Crippen LogP contribution >= 0.6 is 11.3 Å². The summed E-state index contributed by atoms with van der Waals surface area (Å²) < 4.78 is 395. The van der Waals surface area contributed by atoms with Crippen LogP contribution in [0.15, 0.2) is 242 Å². The fourth-order valence-electron chi connectivity index (χ4n) is 10.7. The van der Waals surface area contributed by atoms with Gasteiger partial charge in [0.05, 0.1) is 94.3 Å². The second kappa shape index (κ2) is 17.6. The standard InChI is InChI=1S/C74H58BN5S/c1-73(2,3)47-34-38-51(39-35-47)76(52-40-36-48(37-41-52)74(4,5)6)53-42-43-58-64(44-53)78(61-29-19-33-68-69(61)57-25-14-16-32-67(57)81-68)65-45-54(77(49-20-9-7-10-21-49)50-22-11-8-12-23-50)46-66-70(65)75(58)59-27-18-31-63-72(59)80(66)62-30-17-26-56-55-24-13-15-28-60(55)79(63)71(56)62/h7-46H,1-6H3/i7D,8D,9D,10D,11D,12D,13D,14D,15D,16D,17D,18D,19D,20D,21D,22D,23D,24D,25D,26D,27D,28D,29D,30D,31D,32D,33D,34D,35D,36D,37D,38D,39D,40D,41D,42D,43D,44D,45D,46D. The van der Waals surface area contributed by atoms with Crippen molar-refractivity contribution in [3.63, 3.8) is 0 Å². The van der Waals surface area contributed by atoms with Gasteiger partial charge in [0.1, 0.15) is 0 Å². The molecule has 5 heterocycles. The van der Waals surface area contributed by atoms with E-state index in [2.05, 4.69) is 0 Å². The van der Waals surface area contributed by atoms with E-state index in [1.165, 1.54) is 41.5 Å². The van der Waals surface area contributed by atoms with Crippen molar-refractivity contribution < 1.29 is 54.8 Å². The lowest BCUT2D eigenvalue weighted by Gasteiger charge is -2.47. The molecule has 0 spiro atoms. The Morgan fingerprint density at radius 1 is 0.383 bits per heavy atom. The molecule has 13 aromatic rings. The monoisotopic (exact) mass is 1100 g/mol. The first-order valence-electron chi connectivity index (χ1n) is 45.1. The van der Waals surface area contributed by atoms with Gasteiger partial charge in [-0.3, -0.25) is 0 Å². The summed E-state index contributed by atoms with van der Waals surface area (Å²) in [5.74, 6) is 0. The van der Waals surface area contributed by atoms with Crippen molar-refractivity contribution in [2.45, 2.75) is 52.4 Å². The molecule has 0 aliphatic carbocycles. The normalized spacial score (nSPS) is 20.1. The number of benzene rings is 11. The Bertz CT molecular complexity index is 6900. The Morgan fingerprint density at radius 3 is 1.57 bits per heavy atom. The Balaban J connectivity index is 1.27. The number of para-hydroxylation sites is 5. The maximum atomic E-state index is 11.5. The quantitative estimate of drug-likeness (QED) is 0.148. The molecule has 0 saturated heterocycles. The average molecular weight is 1100 g/mol. The van der Waals surface area contributed by atoms with Crippen LogP contribution < -0.4 is 36.0 Å². The van der Waals surface area contributed by atoms with Gasteiger partial charge < -0.3 is 24.2 Å². The van der Waals surface area contributed by atoms with E-state index in [0.717, 1.165) is 9.47 Å². The van der Waals surface area contributed by atoms with Gasteiger partial charge in [-0.05, 0) is 147 Å². The topological polar surface area (TPSA) is 17.9 Å². The molecule has 0 radical (unpaired) electrons. The van der Waals surface area contributed by atoms with Crippen molar-refractivity contribution in [2.75, 3.05) is 19.6 Å². The summed E-state index contributed by atoms with van der Waals surface area (Å²) in [4.78, 5) is 2.29. The Kier molecular flexibility index (Phi) is 4.85. The van der Waals surface area contributed by atoms with Crippen LogP contribution in [0, 0.1) is 0 Å². The van der Waals surface area contributed by atoms with Crippen LogP contribution in [-0.2, 0) is 10.8 Å². The molecule has 5 nitrogen and oxygen atoms in total. The maximum absolute atomic E-state index is 11.5. The zero-order chi connectivity index (χ0) is 89.3. The fourth-order valence-corrected chi connectivity index (χ4v) is 11.6. The third-order valence-corrected chi connectivity index (χ3v) is 15.3. The minimum absolute atomic E-state index is 0.261. The Hall–Kier alpha value is -9.30. The number of hydrogen-bond donors (Lipinski definition) is 0. The molecule has 0 bridgehead atoms. The predicted molar refractivity (Wildman–Crippen MR) is 348 cm³/mol. The molecule has 0 fully saturated rings. The fraction of sp³-hybridized carbons (Fsp3) is 0.108. The number of rotatable bonds is 7. The summed E-state index contributed by atoms with van der Waals surface area (Å²) in [7, 11) is 0. The summed E-state index contributed by atoms with van der Waals surface area (Å²) in [5.41, 5.74) is -20.4. The summed E-state index contributed by atoms with van der Waals surface area (Å²) >= 11 is 0.444. The molecule has 3 aliphatic rings. The van der Waals surface area contributed by atoms with E-state index in [-0.39, 0.29) is 11.1 Å². The molecule has 3 aliphatic heterocycles. The lowest BCUT2D eigenvalue weighted by molar-refractivity contribution is 0.590. The highest BCUT2D eigenvalue weighted by Crippen LogP contribution is 2.55. The van der Waals surface area contributed by atoms with Gasteiger partial charge in [-0.2, -0.15) is 0 Å². The predicted octanol–water partition coefficient (Wildman–Crippen LogP) is 19.1. The first-order chi connectivity index (χ1) is 56.2. The molecule has 0 N–H and O–H groups in total. The van der Waals surface area contributed by atoms with Gasteiger partial charge in [0.15, 0.2) is 0 Å². The summed E-state index contributed by atoms with van der Waals surface area (Å²) in [6.45, 7) is 6.76. The maximum Gasteiger partial charge on any atom is 0.252 e. The van der Waals surface area contributed by atoms with Crippen LogP contribution in [0.5, 0.6) is 0 Å². The number of fused-ring (bicyclic) bond motifs is 12. The van der Waals surface area contributed by atoms with Crippen LogP contribution in [0.3, 0.4) is 0 Å². The van der Waals surface area contributed by atoms with Crippen LogP contribution in [0.2, 0.25) is 0 Å². The molecule has 7 heteroatoms. The van der Waals surface area contributed by atoms with E-state index in [9.17, 15) is 48.0 Å². The molecular weight excluding hydrogens is 1000 g/mol. The molecule has 388 valence electrons. The molecule has 81 heavy (non-hydrogen) atoms. The van der Waals surface area contributed by atoms with E-state index in [4.69, 9.17) is 6.85 Å². The van der Waals surface area contributed by atoms with Crippen molar-refractivity contribution >= 4 is 145 Å². The van der Waals surface area contributed by atoms with Gasteiger partial charge in [-0.1, -0.05) is 174 Å². The third-order valence-electron chi connectivity index (χ3n) is 14.2. The van der Waals surface area contributed by atoms with Gasteiger partial charge in [0.2, 0.25) is 0 Å². The minimum atomic E-state index is -2.47. The molecular formula is C74H58BN5S. The zero-order valence-corrected chi connectivity index (χ0v) is 44.0. The SMILES string of the molecule is [2H]c1c([2H])c([2H])c(N(c2c([2H])c([2H])c([2H])c([2H])c2[2H])c2c([2H])c3c4c(c2[2H])N2c5c(c([2H])c([2H])c([2H])c5-n5c6c([2H])c([2H])c([2H])c([2H])c6c6c([2H])c([2H])c([2H])c2c65)B4c2c([2H])c([2H])c(N(c4c([2H])c([2H])c(C(C)(C)C)c([2H])c4[2H])c4c([2H])c([2H])c(C(C)(C)C)c([2H])c4[2H])c([2H])c2N3c2c([2H])c([2H])c([2H])c3sc4c([2H])c([2H])c([2H])c([2H])c4c23)c([2H])c1[2H]. The summed E-state index contributed by atoms with van der Waals surface area (Å²) in [6.07, 6.45) is 0. The smallest absolute Gasteiger partial charge is 0.252 e.